The van der Waals surface area contributed by atoms with Gasteiger partial charge in [0, 0.05) is 12.1 Å². The molecule has 0 saturated carbocycles. The lowest BCUT2D eigenvalue weighted by Gasteiger charge is -2.14. The molecule has 100 valence electrons. The first kappa shape index (κ1) is 14.6. The number of carbonyl (C=O) groups is 1. The van der Waals surface area contributed by atoms with E-state index < -0.39 is 6.43 Å². The molecule has 1 aromatic carbocycles. The Morgan fingerprint density at radius 3 is 2.39 bits per heavy atom. The molecule has 0 fully saturated rings. The van der Waals surface area contributed by atoms with Crippen molar-refractivity contribution in [1.82, 2.24) is 5.32 Å². The van der Waals surface area contributed by atoms with Crippen LogP contribution in [0.5, 0.6) is 0 Å². The molecular formula is C13H17F2NO2. The van der Waals surface area contributed by atoms with Crippen LogP contribution in [0.25, 0.3) is 0 Å². The Bertz CT molecular complexity index is 379. The Morgan fingerprint density at radius 2 is 1.94 bits per heavy atom. The molecular weight excluding hydrogens is 240 g/mol. The van der Waals surface area contributed by atoms with Crippen molar-refractivity contribution in [2.45, 2.75) is 32.4 Å². The van der Waals surface area contributed by atoms with Crippen LogP contribution < -0.4 is 5.32 Å². The van der Waals surface area contributed by atoms with Gasteiger partial charge < -0.3 is 10.1 Å². The van der Waals surface area contributed by atoms with Crippen molar-refractivity contribution in [3.63, 3.8) is 0 Å². The first-order valence-corrected chi connectivity index (χ1v) is 5.76. The first-order valence-electron chi connectivity index (χ1n) is 5.76. The fourth-order valence-electron chi connectivity index (χ4n) is 1.56. The summed E-state index contributed by atoms with van der Waals surface area (Å²) >= 11 is 0. The van der Waals surface area contributed by atoms with Crippen LogP contribution in [0.4, 0.5) is 8.78 Å². The summed E-state index contributed by atoms with van der Waals surface area (Å²) in [6.45, 7) is 2.31. The second-order valence-corrected chi connectivity index (χ2v) is 3.91. The number of rotatable bonds is 6. The highest BCUT2D eigenvalue weighted by atomic mass is 19.3. The molecule has 0 heterocycles. The van der Waals surface area contributed by atoms with E-state index in [1.165, 1.54) is 19.2 Å². The second-order valence-electron chi connectivity index (χ2n) is 3.91. The summed E-state index contributed by atoms with van der Waals surface area (Å²) in [5, 5.41) is 3.02. The third kappa shape index (κ3) is 4.07. The molecule has 0 radical (unpaired) electrons. The molecule has 3 nitrogen and oxygen atoms in total. The zero-order chi connectivity index (χ0) is 13.5. The molecule has 0 aromatic heterocycles. The summed E-state index contributed by atoms with van der Waals surface area (Å²) in [6.07, 6.45) is -1.84. The molecule has 0 amide bonds. The number of alkyl halides is 2. The quantitative estimate of drug-likeness (QED) is 0.796. The summed E-state index contributed by atoms with van der Waals surface area (Å²) in [4.78, 5) is 11.3. The van der Waals surface area contributed by atoms with Crippen LogP contribution in [-0.2, 0) is 16.1 Å². The van der Waals surface area contributed by atoms with Gasteiger partial charge in [-0.1, -0.05) is 31.2 Å². The molecule has 0 saturated heterocycles. The lowest BCUT2D eigenvalue weighted by molar-refractivity contribution is -0.143. The average Bonchev–Trinajstić information content (AvgIpc) is 2.39. The first-order chi connectivity index (χ1) is 8.58. The minimum absolute atomic E-state index is 0.00115. The number of carbonyl (C=O) groups excluding carboxylic acids is 1. The number of esters is 1. The van der Waals surface area contributed by atoms with Gasteiger partial charge >= 0.3 is 5.97 Å². The smallest absolute Gasteiger partial charge is 0.322 e. The van der Waals surface area contributed by atoms with E-state index in [1.807, 2.05) is 6.92 Å². The van der Waals surface area contributed by atoms with Crippen LogP contribution in [0.1, 0.15) is 30.9 Å². The van der Waals surface area contributed by atoms with Crippen LogP contribution in [0.15, 0.2) is 24.3 Å². The van der Waals surface area contributed by atoms with Crippen LogP contribution >= 0.6 is 0 Å². The maximum atomic E-state index is 12.3. The molecule has 5 heteroatoms. The van der Waals surface area contributed by atoms with Gasteiger partial charge in [-0.05, 0) is 12.0 Å². The molecule has 0 aliphatic heterocycles. The van der Waals surface area contributed by atoms with Crippen LogP contribution in [0.2, 0.25) is 0 Å². The van der Waals surface area contributed by atoms with Gasteiger partial charge in [-0.15, -0.1) is 0 Å². The lowest BCUT2D eigenvalue weighted by Crippen LogP contribution is -2.36. The van der Waals surface area contributed by atoms with Crippen molar-refractivity contribution in [2.24, 2.45) is 0 Å². The van der Waals surface area contributed by atoms with E-state index in [-0.39, 0.29) is 17.6 Å². The maximum Gasteiger partial charge on any atom is 0.322 e. The largest absolute Gasteiger partial charge is 0.468 e. The van der Waals surface area contributed by atoms with E-state index in [1.54, 1.807) is 12.1 Å². The number of methoxy groups -OCH3 is 1. The Morgan fingerprint density at radius 1 is 1.33 bits per heavy atom. The molecule has 1 unspecified atom stereocenters. The van der Waals surface area contributed by atoms with Crippen molar-refractivity contribution < 1.29 is 18.3 Å². The molecule has 1 rings (SSSR count). The van der Waals surface area contributed by atoms with E-state index in [0.717, 1.165) is 5.56 Å². The highest BCUT2D eigenvalue weighted by molar-refractivity contribution is 5.75. The van der Waals surface area contributed by atoms with E-state index in [4.69, 9.17) is 0 Å². The second kappa shape index (κ2) is 7.06. The van der Waals surface area contributed by atoms with Gasteiger partial charge in [0.25, 0.3) is 6.43 Å². The summed E-state index contributed by atoms with van der Waals surface area (Å²) < 4.78 is 29.3. The Hall–Kier alpha value is -1.49. The lowest BCUT2D eigenvalue weighted by atomic mass is 10.1. The standard InChI is InChI=1S/C13H17F2NO2/c1-3-11(13(17)18-2)16-8-9-4-6-10(7-5-9)12(14)15/h4-7,11-12,16H,3,8H2,1-2H3. The fraction of sp³-hybridized carbons (Fsp3) is 0.462. The highest BCUT2D eigenvalue weighted by Crippen LogP contribution is 2.18. The van der Waals surface area contributed by atoms with Gasteiger partial charge in [-0.2, -0.15) is 0 Å². The topological polar surface area (TPSA) is 38.3 Å². The predicted octanol–water partition coefficient (Wildman–Crippen LogP) is 2.67. The van der Waals surface area contributed by atoms with Gasteiger partial charge in [0.05, 0.1) is 7.11 Å². The van der Waals surface area contributed by atoms with Gasteiger partial charge in [0.2, 0.25) is 0 Å². The molecule has 0 aliphatic carbocycles. The Kier molecular flexibility index (Phi) is 5.71. The van der Waals surface area contributed by atoms with Gasteiger partial charge in [0.15, 0.2) is 0 Å². The van der Waals surface area contributed by atoms with E-state index >= 15 is 0 Å². The number of ether oxygens (including phenoxy) is 1. The normalized spacial score (nSPS) is 12.5. The molecule has 0 bridgehead atoms. The number of nitrogens with one attached hydrogen (secondary N) is 1. The van der Waals surface area contributed by atoms with E-state index in [2.05, 4.69) is 10.1 Å². The number of benzene rings is 1. The predicted molar refractivity (Wildman–Crippen MR) is 64.3 cm³/mol. The molecule has 1 atom stereocenters. The van der Waals surface area contributed by atoms with Gasteiger partial charge in [-0.25, -0.2) is 8.78 Å². The van der Waals surface area contributed by atoms with E-state index in [9.17, 15) is 13.6 Å². The zero-order valence-corrected chi connectivity index (χ0v) is 10.5. The van der Waals surface area contributed by atoms with Crippen molar-refractivity contribution in [2.75, 3.05) is 7.11 Å². The third-order valence-electron chi connectivity index (χ3n) is 2.68. The Balaban J connectivity index is 2.54. The molecule has 18 heavy (non-hydrogen) atoms. The minimum atomic E-state index is -2.45. The number of hydrogen-bond acceptors (Lipinski definition) is 3. The van der Waals surface area contributed by atoms with Crippen LogP contribution in [-0.4, -0.2) is 19.1 Å². The zero-order valence-electron chi connectivity index (χ0n) is 10.5. The highest BCUT2D eigenvalue weighted by Gasteiger charge is 2.15. The monoisotopic (exact) mass is 257 g/mol. The van der Waals surface area contributed by atoms with Crippen molar-refractivity contribution in [3.8, 4) is 0 Å². The van der Waals surface area contributed by atoms with Crippen LogP contribution in [0, 0.1) is 0 Å². The number of hydrogen-bond donors (Lipinski definition) is 1. The summed E-state index contributed by atoms with van der Waals surface area (Å²) in [6, 6.07) is 5.66. The number of halogens is 2. The molecule has 0 spiro atoms. The SMILES string of the molecule is CCC(NCc1ccc(C(F)F)cc1)C(=O)OC. The third-order valence-corrected chi connectivity index (χ3v) is 2.68. The fourth-order valence-corrected chi connectivity index (χ4v) is 1.56. The molecule has 0 aliphatic rings. The molecule has 1 N–H and O–H groups in total. The van der Waals surface area contributed by atoms with Gasteiger partial charge in [-0.3, -0.25) is 4.79 Å². The molecule has 1 aromatic rings. The van der Waals surface area contributed by atoms with Crippen molar-refractivity contribution in [1.29, 1.82) is 0 Å². The van der Waals surface area contributed by atoms with Crippen molar-refractivity contribution in [3.05, 3.63) is 35.4 Å². The summed E-state index contributed by atoms with van der Waals surface area (Å²) in [7, 11) is 1.34. The van der Waals surface area contributed by atoms with E-state index in [0.29, 0.717) is 13.0 Å². The van der Waals surface area contributed by atoms with Crippen molar-refractivity contribution >= 4 is 5.97 Å². The average molecular weight is 257 g/mol. The van der Waals surface area contributed by atoms with Crippen LogP contribution in [0.3, 0.4) is 0 Å². The maximum absolute atomic E-state index is 12.3. The summed E-state index contributed by atoms with van der Waals surface area (Å²) in [5.74, 6) is -0.318. The minimum Gasteiger partial charge on any atom is -0.468 e. The van der Waals surface area contributed by atoms with Gasteiger partial charge in [0.1, 0.15) is 6.04 Å². The Labute approximate surface area is 105 Å². The summed E-state index contributed by atoms with van der Waals surface area (Å²) in [5.41, 5.74) is 0.848.